The average Bonchev–Trinajstić information content (AvgIpc) is 2.71. The van der Waals surface area contributed by atoms with Crippen molar-refractivity contribution in [2.75, 3.05) is 13.7 Å². The van der Waals surface area contributed by atoms with E-state index < -0.39 is 11.8 Å². The van der Waals surface area contributed by atoms with Crippen molar-refractivity contribution in [3.05, 3.63) is 56.5 Å². The number of hydrogen-bond acceptors (Lipinski definition) is 5. The molecular weight excluding hydrogens is 526 g/mol. The molecule has 0 saturated heterocycles. The number of nitrogens with one attached hydrogen (secondary N) is 3. The minimum Gasteiger partial charge on any atom is -0.496 e. The van der Waals surface area contributed by atoms with E-state index in [1.165, 1.54) is 7.11 Å². The summed E-state index contributed by atoms with van der Waals surface area (Å²) < 4.78 is 12.1. The summed E-state index contributed by atoms with van der Waals surface area (Å²) in [5.41, 5.74) is 6.27. The van der Waals surface area contributed by atoms with Crippen molar-refractivity contribution in [2.45, 2.75) is 13.3 Å². The van der Waals surface area contributed by atoms with Crippen LogP contribution in [0, 0.1) is 0 Å². The van der Waals surface area contributed by atoms with Gasteiger partial charge in [-0.25, -0.2) is 0 Å². The Hall–Kier alpha value is -2.17. The van der Waals surface area contributed by atoms with E-state index in [1.807, 2.05) is 12.1 Å². The van der Waals surface area contributed by atoms with Crippen LogP contribution in [0.5, 0.6) is 11.5 Å². The van der Waals surface area contributed by atoms with Gasteiger partial charge in [0.25, 0.3) is 11.8 Å². The van der Waals surface area contributed by atoms with Gasteiger partial charge in [0, 0.05) is 4.47 Å². The van der Waals surface area contributed by atoms with E-state index in [0.717, 1.165) is 16.5 Å². The Kier molecular flexibility index (Phi) is 8.87. The first-order chi connectivity index (χ1) is 13.8. The first kappa shape index (κ1) is 23.1. The van der Waals surface area contributed by atoms with Gasteiger partial charge in [-0.2, -0.15) is 0 Å². The van der Waals surface area contributed by atoms with Gasteiger partial charge >= 0.3 is 0 Å². The van der Waals surface area contributed by atoms with Gasteiger partial charge in [0.15, 0.2) is 11.7 Å². The van der Waals surface area contributed by atoms with Gasteiger partial charge in [-0.1, -0.05) is 28.9 Å². The highest BCUT2D eigenvalue weighted by Gasteiger charge is 2.14. The van der Waals surface area contributed by atoms with Crippen LogP contribution in [-0.4, -0.2) is 30.6 Å². The lowest BCUT2D eigenvalue weighted by atomic mass is 10.2. The summed E-state index contributed by atoms with van der Waals surface area (Å²) in [5, 5.41) is 2.40. The normalized spacial score (nSPS) is 10.1. The number of ether oxygens (including phenoxy) is 2. The molecule has 0 radical (unpaired) electrons. The molecule has 2 aromatic rings. The topological polar surface area (TPSA) is 88.7 Å². The number of hydrazine groups is 1. The fourth-order valence-electron chi connectivity index (χ4n) is 2.25. The molecule has 0 unspecified atom stereocenters. The van der Waals surface area contributed by atoms with Crippen LogP contribution in [0.1, 0.15) is 22.8 Å². The monoisotopic (exact) mass is 543 g/mol. The van der Waals surface area contributed by atoms with Crippen LogP contribution in [0.4, 0.5) is 0 Å². The third kappa shape index (κ3) is 6.98. The lowest BCUT2D eigenvalue weighted by molar-refractivity contribution is -0.123. The number of hydrogen-bond donors (Lipinski definition) is 3. The Morgan fingerprint density at radius 2 is 1.79 bits per heavy atom. The van der Waals surface area contributed by atoms with Crippen LogP contribution in [-0.2, 0) is 11.2 Å². The molecule has 0 aromatic heterocycles. The predicted octanol–water partition coefficient (Wildman–Crippen LogP) is 3.50. The molecule has 29 heavy (non-hydrogen) atoms. The molecule has 0 aliphatic rings. The van der Waals surface area contributed by atoms with E-state index in [9.17, 15) is 9.59 Å². The van der Waals surface area contributed by atoms with Crippen molar-refractivity contribution in [2.24, 2.45) is 0 Å². The molecule has 0 fully saturated rings. The predicted molar refractivity (Wildman–Crippen MR) is 121 cm³/mol. The molecule has 0 bridgehead atoms. The van der Waals surface area contributed by atoms with Crippen LogP contribution in [0.15, 0.2) is 45.3 Å². The molecule has 10 heteroatoms. The first-order valence-electron chi connectivity index (χ1n) is 8.49. The average molecular weight is 545 g/mol. The highest BCUT2D eigenvalue weighted by atomic mass is 79.9. The maximum absolute atomic E-state index is 12.4. The molecule has 0 aliphatic heterocycles. The lowest BCUT2D eigenvalue weighted by Gasteiger charge is -2.13. The Labute approximate surface area is 190 Å². The fraction of sp³-hybridized carbons (Fsp3) is 0.211. The van der Waals surface area contributed by atoms with Crippen LogP contribution in [0.25, 0.3) is 0 Å². The second kappa shape index (κ2) is 11.1. The van der Waals surface area contributed by atoms with Gasteiger partial charge in [0.05, 0.1) is 17.1 Å². The van der Waals surface area contributed by atoms with Gasteiger partial charge in [0.1, 0.15) is 11.5 Å². The molecule has 2 aromatic carbocycles. The number of halogens is 2. The highest BCUT2D eigenvalue weighted by molar-refractivity contribution is 9.10. The van der Waals surface area contributed by atoms with Crippen molar-refractivity contribution in [3.63, 3.8) is 0 Å². The van der Waals surface area contributed by atoms with Crippen molar-refractivity contribution in [3.8, 4) is 11.5 Å². The van der Waals surface area contributed by atoms with Crippen LogP contribution >= 0.6 is 44.1 Å². The van der Waals surface area contributed by atoms with E-state index in [1.54, 1.807) is 24.3 Å². The number of carbonyl (C=O) groups is 2. The second-order valence-electron chi connectivity index (χ2n) is 5.71. The largest absolute Gasteiger partial charge is 0.496 e. The Bertz CT molecular complexity index is 924. The quantitative estimate of drug-likeness (QED) is 0.381. The summed E-state index contributed by atoms with van der Waals surface area (Å²) in [5.74, 6) is -0.000204. The molecule has 0 saturated carbocycles. The van der Waals surface area contributed by atoms with Crippen molar-refractivity contribution < 1.29 is 19.1 Å². The van der Waals surface area contributed by atoms with Gasteiger partial charge in [-0.3, -0.25) is 25.8 Å². The molecule has 0 atom stereocenters. The summed E-state index contributed by atoms with van der Waals surface area (Å²) in [4.78, 5) is 24.3. The standard InChI is InChI=1S/C19H19Br2N3O4S/c1-3-11-4-6-16(14(21)8-11)28-10-17(25)23-24-19(29)22-18(26)13-9-12(20)5-7-15(13)27-2/h4-9H,3,10H2,1-2H3,(H,23,25)(H2,22,24,26,29). The zero-order valence-electron chi connectivity index (χ0n) is 15.7. The Morgan fingerprint density at radius 3 is 2.45 bits per heavy atom. The minimum atomic E-state index is -0.480. The minimum absolute atomic E-state index is 0.0705. The van der Waals surface area contributed by atoms with Gasteiger partial charge in [-0.15, -0.1) is 0 Å². The second-order valence-corrected chi connectivity index (χ2v) is 7.89. The van der Waals surface area contributed by atoms with Crippen LogP contribution < -0.4 is 25.6 Å². The number of aryl methyl sites for hydroxylation is 1. The molecule has 3 N–H and O–H groups in total. The maximum Gasteiger partial charge on any atom is 0.276 e. The van der Waals surface area contributed by atoms with Gasteiger partial charge < -0.3 is 9.47 Å². The van der Waals surface area contributed by atoms with E-state index in [2.05, 4.69) is 55.0 Å². The number of methoxy groups -OCH3 is 1. The number of benzene rings is 2. The lowest BCUT2D eigenvalue weighted by Crippen LogP contribution is -2.49. The SMILES string of the molecule is CCc1ccc(OCC(=O)NNC(=S)NC(=O)c2cc(Br)ccc2OC)c(Br)c1. The molecular formula is C19H19Br2N3O4S. The van der Waals surface area contributed by atoms with Crippen molar-refractivity contribution in [1.82, 2.24) is 16.2 Å². The number of carbonyl (C=O) groups excluding carboxylic acids is 2. The summed E-state index contributed by atoms with van der Waals surface area (Å²) in [6.07, 6.45) is 0.901. The van der Waals surface area contributed by atoms with E-state index in [4.69, 9.17) is 21.7 Å². The van der Waals surface area contributed by atoms with E-state index >= 15 is 0 Å². The first-order valence-corrected chi connectivity index (χ1v) is 10.5. The molecule has 0 aliphatic carbocycles. The summed E-state index contributed by atoms with van der Waals surface area (Å²) >= 11 is 11.7. The zero-order valence-corrected chi connectivity index (χ0v) is 19.7. The maximum atomic E-state index is 12.4. The van der Waals surface area contributed by atoms with Crippen molar-refractivity contribution >= 4 is 61.0 Å². The van der Waals surface area contributed by atoms with Crippen molar-refractivity contribution in [1.29, 1.82) is 0 Å². The third-order valence-electron chi connectivity index (χ3n) is 3.71. The van der Waals surface area contributed by atoms with E-state index in [-0.39, 0.29) is 11.7 Å². The van der Waals surface area contributed by atoms with E-state index in [0.29, 0.717) is 21.5 Å². The molecule has 154 valence electrons. The summed E-state index contributed by atoms with van der Waals surface area (Å²) in [6.45, 7) is 1.82. The fourth-order valence-corrected chi connectivity index (χ4v) is 3.29. The smallest absolute Gasteiger partial charge is 0.276 e. The number of amides is 2. The zero-order chi connectivity index (χ0) is 21.4. The number of thiocarbonyl (C=S) groups is 1. The Balaban J connectivity index is 1.82. The molecule has 7 nitrogen and oxygen atoms in total. The molecule has 2 amide bonds. The van der Waals surface area contributed by atoms with Gasteiger partial charge in [-0.05, 0) is 70.5 Å². The molecule has 2 rings (SSSR count). The third-order valence-corrected chi connectivity index (χ3v) is 5.03. The van der Waals surface area contributed by atoms with Crippen LogP contribution in [0.3, 0.4) is 0 Å². The summed E-state index contributed by atoms with van der Waals surface area (Å²) in [7, 11) is 1.46. The number of rotatable bonds is 6. The van der Waals surface area contributed by atoms with Crippen LogP contribution in [0.2, 0.25) is 0 Å². The van der Waals surface area contributed by atoms with Gasteiger partial charge in [0.2, 0.25) is 0 Å². The molecule has 0 heterocycles. The Morgan fingerprint density at radius 1 is 1.07 bits per heavy atom. The highest BCUT2D eigenvalue weighted by Crippen LogP contribution is 2.26. The summed E-state index contributed by atoms with van der Waals surface area (Å²) in [6, 6.07) is 10.7. The molecule has 0 spiro atoms.